The molecule has 4 aromatic rings. The predicted octanol–water partition coefficient (Wildman–Crippen LogP) is 11.5. The van der Waals surface area contributed by atoms with Crippen molar-refractivity contribution in [2.75, 3.05) is 30.4 Å². The zero-order valence-corrected chi connectivity index (χ0v) is 29.1. The SMILES string of the molecule is C/C=C\C.CC.CC.CCN(CC)c1ccc2c(c1)Cc1ccc-2cc1-c1cc(C2C=CC=[N+]2C)ccc1Nc1ccccc1. The first-order valence-electron chi connectivity index (χ1n) is 16.8. The van der Waals surface area contributed by atoms with Gasteiger partial charge in [0.15, 0.2) is 12.3 Å². The van der Waals surface area contributed by atoms with Gasteiger partial charge in [0.25, 0.3) is 0 Å². The number of likely N-dealkylation sites (N-methyl/N-ethyl adjacent to an activating group) is 1. The summed E-state index contributed by atoms with van der Waals surface area (Å²) in [6.45, 7) is 18.5. The fourth-order valence-electron chi connectivity index (χ4n) is 5.77. The third kappa shape index (κ3) is 8.42. The van der Waals surface area contributed by atoms with Gasteiger partial charge in [0.1, 0.15) is 7.05 Å². The molecular formula is C42H54N3+. The van der Waals surface area contributed by atoms with E-state index >= 15 is 0 Å². The second-order valence-corrected chi connectivity index (χ2v) is 10.7. The average Bonchev–Trinajstić information content (AvgIpc) is 3.38. The third-order valence-corrected chi connectivity index (χ3v) is 8.13. The molecule has 3 nitrogen and oxygen atoms in total. The van der Waals surface area contributed by atoms with Crippen molar-refractivity contribution in [1.82, 2.24) is 0 Å². The van der Waals surface area contributed by atoms with Gasteiger partial charge >= 0.3 is 0 Å². The predicted molar refractivity (Wildman–Crippen MR) is 201 cm³/mol. The molecule has 1 N–H and O–H groups in total. The second kappa shape index (κ2) is 17.8. The zero-order chi connectivity index (χ0) is 32.8. The van der Waals surface area contributed by atoms with Crippen LogP contribution in [-0.4, -0.2) is 30.9 Å². The summed E-state index contributed by atoms with van der Waals surface area (Å²) in [7, 11) is 2.14. The molecule has 3 aliphatic rings. The Kier molecular flexibility index (Phi) is 13.9. The molecule has 0 saturated heterocycles. The van der Waals surface area contributed by atoms with E-state index in [-0.39, 0.29) is 6.04 Å². The van der Waals surface area contributed by atoms with Crippen molar-refractivity contribution in [2.24, 2.45) is 0 Å². The van der Waals surface area contributed by atoms with Crippen molar-refractivity contribution < 1.29 is 4.58 Å². The van der Waals surface area contributed by atoms with E-state index in [9.17, 15) is 0 Å². The molecule has 0 radical (unpaired) electrons. The van der Waals surface area contributed by atoms with Gasteiger partial charge in [0.2, 0.25) is 0 Å². The molecule has 0 aromatic heterocycles. The first-order valence-corrected chi connectivity index (χ1v) is 16.8. The molecule has 7 rings (SSSR count). The van der Waals surface area contributed by atoms with Gasteiger partial charge in [-0.3, -0.25) is 0 Å². The van der Waals surface area contributed by atoms with E-state index in [4.69, 9.17) is 0 Å². The number of allylic oxidation sites excluding steroid dienone is 3. The Morgan fingerprint density at radius 3 is 2.09 bits per heavy atom. The van der Waals surface area contributed by atoms with Crippen LogP contribution in [0.5, 0.6) is 0 Å². The minimum absolute atomic E-state index is 0.259. The summed E-state index contributed by atoms with van der Waals surface area (Å²) in [4.78, 5) is 2.43. The largest absolute Gasteiger partial charge is 0.372 e. The van der Waals surface area contributed by atoms with Gasteiger partial charge in [-0.2, -0.15) is 0 Å². The molecule has 1 heterocycles. The van der Waals surface area contributed by atoms with Crippen molar-refractivity contribution in [3.05, 3.63) is 126 Å². The quantitative estimate of drug-likeness (QED) is 0.148. The molecule has 1 aliphatic heterocycles. The summed E-state index contributed by atoms with van der Waals surface area (Å²) in [5, 5.41) is 3.71. The van der Waals surface area contributed by atoms with Gasteiger partial charge in [0, 0.05) is 47.4 Å². The van der Waals surface area contributed by atoms with Crippen LogP contribution in [0.25, 0.3) is 22.3 Å². The molecule has 45 heavy (non-hydrogen) atoms. The molecule has 4 aromatic carbocycles. The Labute approximate surface area is 273 Å². The molecule has 236 valence electrons. The van der Waals surface area contributed by atoms with E-state index in [0.717, 1.165) is 30.9 Å². The minimum Gasteiger partial charge on any atom is -0.372 e. The minimum atomic E-state index is 0.259. The Morgan fingerprint density at radius 1 is 0.756 bits per heavy atom. The van der Waals surface area contributed by atoms with Crippen LogP contribution in [0.2, 0.25) is 0 Å². The lowest BCUT2D eigenvalue weighted by atomic mass is 9.92. The first-order chi connectivity index (χ1) is 22.1. The standard InChI is InChI=1S/C34H34N3.C4H8.2C2H6/c1-4-37(5-2)29-16-17-30-25-14-13-24(20-27(30)21-29)31(22-25)32-23-26(34-12-9-19-36(34)3)15-18-33(32)35-28-10-7-6-8-11-28;1-3-4-2;2*1-2/h6-19,21-23,34-35H,4-5,20H2,1-3H3;3-4H,1-2H3;2*1-2H3/q+1;;;/b;4-3-;;. The smallest absolute Gasteiger partial charge is 0.196 e. The third-order valence-electron chi connectivity index (χ3n) is 8.13. The summed E-state index contributed by atoms with van der Waals surface area (Å²) in [5.41, 5.74) is 12.8. The Balaban J connectivity index is 0.000000631. The molecule has 1 unspecified atom stereocenters. The van der Waals surface area contributed by atoms with Crippen LogP contribution >= 0.6 is 0 Å². The topological polar surface area (TPSA) is 18.3 Å². The number of hydrogen-bond acceptors (Lipinski definition) is 2. The summed E-state index contributed by atoms with van der Waals surface area (Å²) >= 11 is 0. The van der Waals surface area contributed by atoms with Crippen molar-refractivity contribution >= 4 is 23.3 Å². The van der Waals surface area contributed by atoms with Crippen LogP contribution in [0.1, 0.15) is 78.1 Å². The maximum atomic E-state index is 3.71. The van der Waals surface area contributed by atoms with E-state index in [1.165, 1.54) is 44.6 Å². The summed E-state index contributed by atoms with van der Waals surface area (Å²) in [6, 6.07) is 31.6. The molecular weight excluding hydrogens is 546 g/mol. The summed E-state index contributed by atoms with van der Waals surface area (Å²) < 4.78 is 2.27. The van der Waals surface area contributed by atoms with E-state index in [2.05, 4.69) is 139 Å². The molecule has 2 bridgehead atoms. The van der Waals surface area contributed by atoms with E-state index in [1.54, 1.807) is 0 Å². The van der Waals surface area contributed by atoms with E-state index in [0.29, 0.717) is 0 Å². The Bertz CT molecular complexity index is 1590. The van der Waals surface area contributed by atoms with Gasteiger partial charge in [0.05, 0.1) is 0 Å². The van der Waals surface area contributed by atoms with Crippen LogP contribution in [0, 0.1) is 0 Å². The summed E-state index contributed by atoms with van der Waals surface area (Å²) in [6.07, 6.45) is 11.5. The van der Waals surface area contributed by atoms with Crippen molar-refractivity contribution in [1.29, 1.82) is 0 Å². The number of hydrogen-bond donors (Lipinski definition) is 1. The van der Waals surface area contributed by atoms with E-state index in [1.807, 2.05) is 53.7 Å². The number of rotatable bonds is 7. The summed E-state index contributed by atoms with van der Waals surface area (Å²) in [5.74, 6) is 0. The van der Waals surface area contributed by atoms with Crippen molar-refractivity contribution in [3.63, 3.8) is 0 Å². The number of nitrogens with zero attached hydrogens (tertiary/aromatic N) is 2. The van der Waals surface area contributed by atoms with Gasteiger partial charge in [-0.05, 0) is 117 Å². The van der Waals surface area contributed by atoms with Crippen LogP contribution in [-0.2, 0) is 6.42 Å². The fraction of sp³-hybridized carbons (Fsp3) is 0.310. The first kappa shape index (κ1) is 35.1. The highest BCUT2D eigenvalue weighted by Crippen LogP contribution is 2.42. The molecule has 0 spiro atoms. The highest BCUT2D eigenvalue weighted by Gasteiger charge is 2.24. The second-order valence-electron chi connectivity index (χ2n) is 10.7. The van der Waals surface area contributed by atoms with Gasteiger partial charge in [-0.25, -0.2) is 4.58 Å². The van der Waals surface area contributed by atoms with Gasteiger partial charge < -0.3 is 10.2 Å². The lowest BCUT2D eigenvalue weighted by Gasteiger charge is -2.22. The number of para-hydroxylation sites is 1. The molecule has 0 saturated carbocycles. The maximum Gasteiger partial charge on any atom is 0.196 e. The number of benzene rings is 4. The van der Waals surface area contributed by atoms with E-state index < -0.39 is 0 Å². The Morgan fingerprint density at radius 2 is 1.47 bits per heavy atom. The monoisotopic (exact) mass is 600 g/mol. The average molecular weight is 601 g/mol. The number of anilines is 3. The van der Waals surface area contributed by atoms with Crippen molar-refractivity contribution in [3.8, 4) is 22.3 Å². The van der Waals surface area contributed by atoms with Crippen LogP contribution < -0.4 is 10.2 Å². The fourth-order valence-corrected chi connectivity index (χ4v) is 5.77. The highest BCUT2D eigenvalue weighted by molar-refractivity contribution is 5.88. The highest BCUT2D eigenvalue weighted by atomic mass is 15.1. The number of fused-ring (bicyclic) bond motifs is 2. The molecule has 0 fully saturated rings. The van der Waals surface area contributed by atoms with Crippen LogP contribution in [0.15, 0.2) is 109 Å². The molecule has 2 aliphatic carbocycles. The lowest BCUT2D eigenvalue weighted by Crippen LogP contribution is -2.21. The van der Waals surface area contributed by atoms with Crippen molar-refractivity contribution in [2.45, 2.75) is 67.9 Å². The van der Waals surface area contributed by atoms with Gasteiger partial charge in [-0.1, -0.05) is 76.2 Å². The normalized spacial score (nSPS) is 13.7. The molecule has 3 heteroatoms. The molecule has 1 atom stereocenters. The van der Waals surface area contributed by atoms with Crippen LogP contribution in [0.3, 0.4) is 0 Å². The zero-order valence-electron chi connectivity index (χ0n) is 29.1. The van der Waals surface area contributed by atoms with Gasteiger partial charge in [-0.15, -0.1) is 0 Å². The lowest BCUT2D eigenvalue weighted by molar-refractivity contribution is -0.523. The number of nitrogens with one attached hydrogen (secondary N) is 1. The maximum absolute atomic E-state index is 3.71. The Hall–Kier alpha value is -4.37. The molecule has 0 amide bonds. The van der Waals surface area contributed by atoms with Crippen LogP contribution in [0.4, 0.5) is 17.1 Å².